The first kappa shape index (κ1) is 107. The van der Waals surface area contributed by atoms with Gasteiger partial charge in [-0.2, -0.15) is 0 Å². The number of fused-ring (bicyclic) bond motifs is 1. The van der Waals surface area contributed by atoms with Crippen molar-refractivity contribution in [3.05, 3.63) is 114 Å². The Balaban J connectivity index is 1.10. The number of aliphatic hydroxyl groups is 1. The Morgan fingerprint density at radius 2 is 0.992 bits per heavy atom. The Morgan fingerprint density at radius 3 is 1.54 bits per heavy atom. The van der Waals surface area contributed by atoms with Crippen LogP contribution >= 0.6 is 0 Å². The molecule has 0 radical (unpaired) electrons. The van der Waals surface area contributed by atoms with Crippen molar-refractivity contribution in [3.8, 4) is 5.75 Å². The lowest BCUT2D eigenvalue weighted by Gasteiger charge is -2.30. The number of ketones is 1. The molecule has 12 amide bonds. The highest BCUT2D eigenvalue weighted by Gasteiger charge is 2.41. The average Bonchev–Trinajstić information content (AvgIpc) is 1.67. The normalized spacial score (nSPS) is 14.9. The Kier molecular flexibility index (Phi) is 48.1. The first-order valence-electron chi connectivity index (χ1n) is 45.6. The number of carboxylic acid groups (broad SMARTS) is 2. The highest BCUT2D eigenvalue weighted by atomic mass is 16.4. The molecule has 3 aromatic heterocycles. The minimum absolute atomic E-state index is 0.00842. The minimum atomic E-state index is -1.76. The first-order valence-corrected chi connectivity index (χ1v) is 45.6. The number of benzene rings is 2. The molecule has 1 fully saturated rings. The van der Waals surface area contributed by atoms with E-state index in [1.54, 1.807) is 70.3 Å². The second-order valence-corrected chi connectivity index (χ2v) is 34.0. The molecule has 1 aliphatic rings. The van der Waals surface area contributed by atoms with Crippen LogP contribution in [-0.2, 0) is 97.6 Å². The van der Waals surface area contributed by atoms with Crippen LogP contribution < -0.4 is 75.3 Å². The van der Waals surface area contributed by atoms with Crippen LogP contribution in [-0.4, -0.2) is 251 Å². The number of aromatic amines is 3. The molecule has 0 aliphatic carbocycles. The summed E-state index contributed by atoms with van der Waals surface area (Å²) in [5.74, 6) is -14.2. The van der Waals surface area contributed by atoms with Gasteiger partial charge in [-0.05, 0) is 157 Å². The number of hydrogen-bond acceptors (Lipinski definition) is 22. The van der Waals surface area contributed by atoms with E-state index in [-0.39, 0.29) is 127 Å². The number of imidazole rings is 2. The maximum atomic E-state index is 14.9. The largest absolute Gasteiger partial charge is 0.508 e. The molecule has 1 saturated heterocycles. The molecule has 1 aliphatic heterocycles. The lowest BCUT2D eigenvalue weighted by Crippen LogP contribution is -2.60. The van der Waals surface area contributed by atoms with E-state index in [1.807, 2.05) is 0 Å². The fourth-order valence-corrected chi connectivity index (χ4v) is 15.2. The summed E-state index contributed by atoms with van der Waals surface area (Å²) in [7, 11) is 0. The Morgan fingerprint density at radius 1 is 0.500 bits per heavy atom. The summed E-state index contributed by atoms with van der Waals surface area (Å²) in [6.45, 7) is 7.05. The summed E-state index contributed by atoms with van der Waals surface area (Å²) in [6, 6.07) is -2.41. The summed E-state index contributed by atoms with van der Waals surface area (Å²) in [5, 5.41) is 72.4. The average molecular weight is 1820 g/mol. The van der Waals surface area contributed by atoms with E-state index in [0.29, 0.717) is 59.1 Å². The van der Waals surface area contributed by atoms with Crippen molar-refractivity contribution in [3.63, 3.8) is 0 Å². The first-order chi connectivity index (χ1) is 62.4. The molecule has 0 saturated carbocycles. The Bertz CT molecular complexity index is 4430. The van der Waals surface area contributed by atoms with E-state index in [4.69, 9.17) is 11.5 Å². The van der Waals surface area contributed by atoms with Gasteiger partial charge in [-0.15, -0.1) is 0 Å². The van der Waals surface area contributed by atoms with Crippen molar-refractivity contribution in [1.82, 2.24) is 93.6 Å². The number of unbranched alkanes of at least 4 members (excludes halogenated alkanes) is 13. The number of likely N-dealkylation sites (tertiary alicyclic amines) is 1. The van der Waals surface area contributed by atoms with E-state index in [0.717, 1.165) is 43.4 Å². The number of nitrogens with zero attached hydrogens (tertiary/aromatic N) is 3. The number of phenolic OH excluding ortho intramolecular Hbond substituents is 1. The second-order valence-electron chi connectivity index (χ2n) is 34.0. The number of rotatable bonds is 65. The van der Waals surface area contributed by atoms with Gasteiger partial charge in [0.15, 0.2) is 0 Å². The zero-order valence-corrected chi connectivity index (χ0v) is 75.5. The standard InChI is InChI=1S/C91H138N20O19/c1-6-7-8-9-10-11-12-13-14-15-16-17-18-19-20-28-64(114)51-97-69(43-59-34-36-63(113)37-35-59)84(122)108-73(45-61-49-94-55-100-61)86(124)110-76(54-112)88(126)106-71(42-58(4)5)82(120)98-52-78(115)102-67(31-23-25-38-92)83(121)107-72(44-60-48-96-66-30-22-21-29-65(60)66)85(123)105-70(41-57(2)3)81(119)99-53-79(116)103-75(46-62-50-95-56-101-62)90(128)111-40-27-33-77(111)89(127)109-74(47-80(117)118)87(125)104-68(91(129)130)32-24-26-39-93/h13-14,21-22,29-30,34-37,48-50,55-58,67-77,96-97,112-113H,6-12,15-20,23-28,31-33,38-47,51-54,92-93H2,1-5H3,(H,94,100)(H,95,101)(H,98,120)(H,99,119)(H,102,115)(H,103,116)(H,104,125)(H,105,123)(H,106,126)(H,107,121)(H,108,122)(H,109,127)(H,110,124)(H,117,118)(H,129,130)/b14-13+/t67-,68-,69-,70-,71-,72-,73-,74-,75-,76-,77-/m0/s1. The number of nitrogens with two attached hydrogens (primary N) is 2. The molecule has 0 unspecified atom stereocenters. The Hall–Kier alpha value is -12.0. The number of carbonyl (C=O) groups is 15. The monoisotopic (exact) mass is 1820 g/mol. The van der Waals surface area contributed by atoms with Crippen LogP contribution in [0.3, 0.4) is 0 Å². The van der Waals surface area contributed by atoms with Gasteiger partial charge in [0.2, 0.25) is 70.9 Å². The van der Waals surface area contributed by atoms with Gasteiger partial charge in [-0.3, -0.25) is 72.4 Å². The molecule has 0 bridgehead atoms. The number of phenols is 1. The smallest absolute Gasteiger partial charge is 0.326 e. The fraction of sp³-hybridized carbons (Fsp3) is 0.593. The maximum Gasteiger partial charge on any atom is 0.326 e. The van der Waals surface area contributed by atoms with E-state index in [1.165, 1.54) is 75.7 Å². The van der Waals surface area contributed by atoms with E-state index in [2.05, 4.69) is 108 Å². The van der Waals surface area contributed by atoms with Crippen molar-refractivity contribution >= 4 is 99.5 Å². The number of para-hydroxylation sites is 1. The Labute approximate surface area is 758 Å². The zero-order valence-electron chi connectivity index (χ0n) is 75.5. The molecular formula is C91H138N20O19. The minimum Gasteiger partial charge on any atom is -0.508 e. The number of allylic oxidation sites excluding steroid dienone is 2. The summed E-state index contributed by atoms with van der Waals surface area (Å²) in [5.41, 5.74) is 14.1. The van der Waals surface area contributed by atoms with Crippen LogP contribution in [0.25, 0.3) is 10.9 Å². The van der Waals surface area contributed by atoms with Crippen LogP contribution in [0, 0.1) is 11.8 Å². The third kappa shape index (κ3) is 39.1. The second kappa shape index (κ2) is 58.6. The molecule has 39 nitrogen and oxygen atoms in total. The molecule has 716 valence electrons. The number of nitrogens with one attached hydrogen (secondary N) is 15. The molecule has 6 rings (SSSR count). The summed E-state index contributed by atoms with van der Waals surface area (Å²) in [4.78, 5) is 227. The van der Waals surface area contributed by atoms with E-state index >= 15 is 0 Å². The number of aromatic hydroxyl groups is 1. The number of carboxylic acids is 2. The number of amides is 12. The lowest BCUT2D eigenvalue weighted by atomic mass is 10.00. The van der Waals surface area contributed by atoms with Crippen LogP contribution in [0.4, 0.5) is 0 Å². The quantitative estimate of drug-likeness (QED) is 0.0196. The molecule has 130 heavy (non-hydrogen) atoms. The van der Waals surface area contributed by atoms with Crippen LogP contribution in [0.5, 0.6) is 5.75 Å². The van der Waals surface area contributed by atoms with Crippen molar-refractivity contribution in [2.75, 3.05) is 45.9 Å². The number of aliphatic hydroxyl groups excluding tert-OH is 1. The van der Waals surface area contributed by atoms with Gasteiger partial charge in [0.05, 0.1) is 51.4 Å². The number of hydrogen-bond donors (Lipinski definition) is 21. The van der Waals surface area contributed by atoms with Gasteiger partial charge in [0.25, 0.3) is 0 Å². The van der Waals surface area contributed by atoms with Gasteiger partial charge < -0.3 is 110 Å². The van der Waals surface area contributed by atoms with Gasteiger partial charge in [0.1, 0.15) is 72.0 Å². The van der Waals surface area contributed by atoms with Crippen molar-refractivity contribution in [2.45, 2.75) is 287 Å². The number of H-pyrrole nitrogens is 3. The summed E-state index contributed by atoms with van der Waals surface area (Å²) >= 11 is 0. The van der Waals surface area contributed by atoms with E-state index in [9.17, 15) is 92.3 Å². The molecule has 4 heterocycles. The van der Waals surface area contributed by atoms with Gasteiger partial charge >= 0.3 is 11.9 Å². The number of carbonyl (C=O) groups excluding carboxylic acids is 13. The third-order valence-electron chi connectivity index (χ3n) is 22.3. The van der Waals surface area contributed by atoms with Crippen LogP contribution in [0.1, 0.15) is 218 Å². The summed E-state index contributed by atoms with van der Waals surface area (Å²) in [6.07, 6.45) is 26.6. The molecule has 39 heteroatoms. The van der Waals surface area contributed by atoms with E-state index < -0.39 is 175 Å². The lowest BCUT2D eigenvalue weighted by molar-refractivity contribution is -0.145. The molecular weight excluding hydrogens is 1680 g/mol. The topological polar surface area (TPSA) is 610 Å². The predicted octanol–water partition coefficient (Wildman–Crippen LogP) is 2.64. The van der Waals surface area contributed by atoms with Crippen LogP contribution in [0.15, 0.2) is 91.9 Å². The number of Topliss-reactive ketones (excluding diaryl/α,β-unsaturated/α-hetero) is 1. The molecule has 0 spiro atoms. The van der Waals surface area contributed by atoms with Crippen molar-refractivity contribution in [2.24, 2.45) is 23.3 Å². The number of aliphatic carboxylic acids is 2. The van der Waals surface area contributed by atoms with Gasteiger partial charge in [-0.1, -0.05) is 128 Å². The molecule has 11 atom stereocenters. The maximum absolute atomic E-state index is 14.9. The fourth-order valence-electron chi connectivity index (χ4n) is 15.2. The molecule has 5 aromatic rings. The highest BCUT2D eigenvalue weighted by molar-refractivity contribution is 6.00. The molecule has 2 aromatic carbocycles. The van der Waals surface area contributed by atoms with Crippen LogP contribution in [0.2, 0.25) is 0 Å². The third-order valence-corrected chi connectivity index (χ3v) is 22.3. The van der Waals surface area contributed by atoms with Crippen molar-refractivity contribution < 1.29 is 92.3 Å². The molecule has 23 N–H and O–H groups in total. The van der Waals surface area contributed by atoms with Gasteiger partial charge in [0, 0.05) is 73.1 Å². The zero-order chi connectivity index (χ0) is 94.9. The SMILES string of the molecule is CCCCCCCC/C=C/CCCCCCCC(=O)CN[C@@H](Cc1ccc(O)cc1)C(=O)N[C@@H](Cc1cnc[nH]1)C(=O)N[C@@H](CO)C(=O)N[C@@H](CC(C)C)C(=O)NCC(=O)N[C@@H](CCCCN)C(=O)N[C@@H](Cc1c[nH]c2ccccc12)C(=O)N[C@@H](CC(C)C)C(=O)NCC(=O)N[C@@H](Cc1cnc[nH]1)C(=O)N1CCC[C@H]1C(=O)N[C@@H](CC(=O)O)C(=O)N[C@@H](CCCCN)C(=O)O. The summed E-state index contributed by atoms with van der Waals surface area (Å²) < 4.78 is 0. The predicted molar refractivity (Wildman–Crippen MR) is 484 cm³/mol. The van der Waals surface area contributed by atoms with Gasteiger partial charge in [-0.25, -0.2) is 14.8 Å². The highest BCUT2D eigenvalue weighted by Crippen LogP contribution is 2.24. The number of aromatic nitrogens is 5. The van der Waals surface area contributed by atoms with Crippen molar-refractivity contribution in [1.29, 1.82) is 0 Å².